The van der Waals surface area contributed by atoms with Crippen LogP contribution in [0.3, 0.4) is 0 Å². The van der Waals surface area contributed by atoms with E-state index < -0.39 is 0 Å². The Bertz CT molecular complexity index is 2570. The number of hydrogen-bond acceptors (Lipinski definition) is 4. The predicted molar refractivity (Wildman–Crippen MR) is 236 cm³/mol. The quantitative estimate of drug-likeness (QED) is 0.156. The number of para-hydroxylation sites is 1. The third-order valence-corrected chi connectivity index (χ3v) is 10.6. The molecule has 8 rings (SSSR count). The first kappa shape index (κ1) is 41.5. The first-order valence-electron chi connectivity index (χ1n) is 19.2. The van der Waals surface area contributed by atoms with Crippen LogP contribution in [0.2, 0.25) is 0 Å². The minimum absolute atomic E-state index is 0. The molecule has 296 valence electrons. The average molecular weight is 933 g/mol. The molecule has 0 saturated heterocycles. The molecule has 0 amide bonds. The second-order valence-electron chi connectivity index (χ2n) is 17.8. The summed E-state index contributed by atoms with van der Waals surface area (Å²) in [5.74, 6) is 2.14. The van der Waals surface area contributed by atoms with Crippen molar-refractivity contribution in [3.63, 3.8) is 0 Å². The van der Waals surface area contributed by atoms with Gasteiger partial charge >= 0.3 is 0 Å². The van der Waals surface area contributed by atoms with Crippen LogP contribution in [0.25, 0.3) is 33.3 Å². The van der Waals surface area contributed by atoms with Crippen LogP contribution in [0.15, 0.2) is 128 Å². The van der Waals surface area contributed by atoms with Gasteiger partial charge in [0.15, 0.2) is 0 Å². The fourth-order valence-corrected chi connectivity index (χ4v) is 7.30. The molecule has 0 unspecified atom stereocenters. The molecule has 0 atom stereocenters. The zero-order valence-corrected chi connectivity index (χ0v) is 37.1. The Hall–Kier alpha value is -5.12. The fourth-order valence-electron chi connectivity index (χ4n) is 7.30. The van der Waals surface area contributed by atoms with Gasteiger partial charge in [-0.25, -0.2) is 4.98 Å². The number of pyridine rings is 1. The van der Waals surface area contributed by atoms with Gasteiger partial charge in [0.1, 0.15) is 5.82 Å². The van der Waals surface area contributed by atoms with E-state index >= 15 is 0 Å². The maximum atomic E-state index is 6.76. The number of hydrogen-bond donors (Lipinski definition) is 0. The van der Waals surface area contributed by atoms with E-state index in [1.165, 1.54) is 11.1 Å². The van der Waals surface area contributed by atoms with Crippen molar-refractivity contribution >= 4 is 38.9 Å². The molecule has 1 aliphatic heterocycles. The number of rotatable bonds is 6. The summed E-state index contributed by atoms with van der Waals surface area (Å²) in [5.41, 5.74) is 10.0. The summed E-state index contributed by atoms with van der Waals surface area (Å²) in [6.45, 7) is 20.8. The third kappa shape index (κ3) is 8.32. The van der Waals surface area contributed by atoms with E-state index in [-0.39, 0.29) is 44.7 Å². The van der Waals surface area contributed by atoms with Crippen molar-refractivity contribution < 1.29 is 25.8 Å². The molecule has 2 aromatic heterocycles. The normalized spacial score (nSPS) is 13.4. The summed E-state index contributed by atoms with van der Waals surface area (Å²) < 4.78 is 8.96. The molecule has 3 heterocycles. The molecular weight excluding hydrogens is 880 g/mol. The molecule has 5 aromatic carbocycles. The maximum absolute atomic E-state index is 6.76. The van der Waals surface area contributed by atoms with Crippen LogP contribution in [-0.2, 0) is 37.3 Å². The zero-order valence-electron chi connectivity index (χ0n) is 34.8. The smallest absolute Gasteiger partial charge is 0.135 e. The van der Waals surface area contributed by atoms with E-state index in [2.05, 4.69) is 204 Å². The van der Waals surface area contributed by atoms with E-state index in [1.807, 2.05) is 12.3 Å². The van der Waals surface area contributed by atoms with Gasteiger partial charge in [-0.1, -0.05) is 134 Å². The van der Waals surface area contributed by atoms with Gasteiger partial charge in [-0.3, -0.25) is 0 Å². The number of anilines is 2. The SMILES string of the molecule is CC(C)(C)c1cc(Oc2[c-]c3c(cc2)c2ccccc2n3-c2cc(C(C)(C)C)ccn2)[c-]c(N2C=C(c3ccccc3)N(c3cccc(C(C)(C)C)c3)C2)c1.[CH3-].[Pt]. The molecular formula is C51H53N4OPt-3. The molecule has 0 saturated carbocycles. The monoisotopic (exact) mass is 932 g/mol. The third-order valence-electron chi connectivity index (χ3n) is 10.6. The number of ether oxygens (including phenoxy) is 1. The topological polar surface area (TPSA) is 33.5 Å². The van der Waals surface area contributed by atoms with E-state index in [0.29, 0.717) is 18.2 Å². The number of nitrogens with zero attached hydrogens (tertiary/aromatic N) is 4. The van der Waals surface area contributed by atoms with Gasteiger partial charge in [-0.2, -0.15) is 6.07 Å². The van der Waals surface area contributed by atoms with Crippen LogP contribution in [0, 0.1) is 19.6 Å². The Kier molecular flexibility index (Phi) is 11.4. The van der Waals surface area contributed by atoms with Gasteiger partial charge in [0.2, 0.25) is 0 Å². The first-order chi connectivity index (χ1) is 26.1. The van der Waals surface area contributed by atoms with Gasteiger partial charge in [-0.05, 0) is 68.7 Å². The van der Waals surface area contributed by atoms with Crippen molar-refractivity contribution in [2.24, 2.45) is 0 Å². The summed E-state index contributed by atoms with van der Waals surface area (Å²) in [5, 5.41) is 2.25. The van der Waals surface area contributed by atoms with Gasteiger partial charge < -0.3 is 26.5 Å². The minimum Gasteiger partial charge on any atom is -0.509 e. The molecule has 0 aliphatic carbocycles. The van der Waals surface area contributed by atoms with Gasteiger partial charge in [0.25, 0.3) is 0 Å². The van der Waals surface area contributed by atoms with Crippen LogP contribution in [-0.4, -0.2) is 16.2 Å². The fraction of sp³-hybridized carbons (Fsp3) is 0.255. The summed E-state index contributed by atoms with van der Waals surface area (Å²) in [7, 11) is 0. The van der Waals surface area contributed by atoms with Crippen LogP contribution < -0.4 is 14.5 Å². The van der Waals surface area contributed by atoms with Crippen LogP contribution in [0.5, 0.6) is 11.5 Å². The number of aromatic nitrogens is 2. The Morgan fingerprint density at radius 1 is 0.614 bits per heavy atom. The summed E-state index contributed by atoms with van der Waals surface area (Å²) in [4.78, 5) is 9.54. The maximum Gasteiger partial charge on any atom is 0.135 e. The van der Waals surface area contributed by atoms with E-state index in [0.717, 1.165) is 55.8 Å². The molecule has 0 spiro atoms. The van der Waals surface area contributed by atoms with Gasteiger partial charge in [0.05, 0.1) is 12.4 Å². The Morgan fingerprint density at radius 2 is 1.30 bits per heavy atom. The molecule has 0 radical (unpaired) electrons. The Labute approximate surface area is 354 Å². The standard InChI is InChI=1S/C50H50N4O.CH3.Pt/c1-48(2,3)35-18-15-19-38(26-35)53-33-52(32-46(53)34-16-11-10-12-17-34)39-27-37(50(7,8)9)28-41(30-39)55-40-22-23-43-42-20-13-14-21-44(42)54(45(43)31-40)47-29-36(24-25-51-47)49(4,5)6;;/h10-29,32H,33H2,1-9H3;1H3;/q-2;-1;. The minimum atomic E-state index is -0.127. The van der Waals surface area contributed by atoms with Crippen LogP contribution >= 0.6 is 0 Å². The molecule has 6 heteroatoms. The summed E-state index contributed by atoms with van der Waals surface area (Å²) in [6.07, 6.45) is 4.15. The molecule has 57 heavy (non-hydrogen) atoms. The van der Waals surface area contributed by atoms with Crippen LogP contribution in [0.4, 0.5) is 11.4 Å². The summed E-state index contributed by atoms with van der Waals surface area (Å²) >= 11 is 0. The summed E-state index contributed by atoms with van der Waals surface area (Å²) in [6, 6.07) is 48.2. The Morgan fingerprint density at radius 3 is 2.02 bits per heavy atom. The van der Waals surface area contributed by atoms with E-state index in [9.17, 15) is 0 Å². The molecule has 7 aromatic rings. The first-order valence-corrected chi connectivity index (χ1v) is 19.2. The van der Waals surface area contributed by atoms with E-state index in [1.54, 1.807) is 0 Å². The van der Waals surface area contributed by atoms with Crippen molar-refractivity contribution in [2.45, 2.75) is 78.6 Å². The predicted octanol–water partition coefficient (Wildman–Crippen LogP) is 13.2. The van der Waals surface area contributed by atoms with Gasteiger partial charge in [-0.15, -0.1) is 41.3 Å². The second-order valence-corrected chi connectivity index (χ2v) is 17.8. The van der Waals surface area contributed by atoms with Crippen molar-refractivity contribution in [3.8, 4) is 17.3 Å². The van der Waals surface area contributed by atoms with Crippen LogP contribution in [0.1, 0.15) is 84.6 Å². The average Bonchev–Trinajstić information content (AvgIpc) is 3.74. The van der Waals surface area contributed by atoms with Crippen molar-refractivity contribution in [1.29, 1.82) is 0 Å². The largest absolute Gasteiger partial charge is 0.509 e. The molecule has 5 nitrogen and oxygen atoms in total. The second kappa shape index (κ2) is 15.7. The van der Waals surface area contributed by atoms with Gasteiger partial charge in [0, 0.05) is 56.2 Å². The molecule has 0 fully saturated rings. The Balaban J connectivity index is 0.00000275. The van der Waals surface area contributed by atoms with Crippen molar-refractivity contribution in [2.75, 3.05) is 16.5 Å². The molecule has 0 N–H and O–H groups in total. The van der Waals surface area contributed by atoms with Crippen molar-refractivity contribution in [3.05, 3.63) is 169 Å². The van der Waals surface area contributed by atoms with Crippen molar-refractivity contribution in [1.82, 2.24) is 9.55 Å². The number of fused-ring (bicyclic) bond motifs is 3. The molecule has 0 bridgehead atoms. The zero-order chi connectivity index (χ0) is 38.7. The van der Waals surface area contributed by atoms with E-state index in [4.69, 9.17) is 9.72 Å². The number of benzene rings is 5. The molecule has 1 aliphatic rings.